The highest BCUT2D eigenvalue weighted by atomic mass is 14.9. The predicted molar refractivity (Wildman–Crippen MR) is 39.2 cm³/mol. The Bertz CT molecular complexity index is 99.1. The predicted octanol–water partition coefficient (Wildman–Crippen LogP) is 0.329. The quantitative estimate of drug-likeness (QED) is 0.557. The van der Waals surface area contributed by atoms with E-state index in [9.17, 15) is 0 Å². The lowest BCUT2D eigenvalue weighted by molar-refractivity contribution is 0.521. The Kier molecular flexibility index (Phi) is 2.58. The molecule has 2 heteroatoms. The van der Waals surface area contributed by atoms with Crippen LogP contribution in [0.25, 0.3) is 0 Å². The maximum Gasteiger partial charge on any atom is 0.0147 e. The molecule has 2 nitrogen and oxygen atoms in total. The van der Waals surface area contributed by atoms with E-state index in [0.29, 0.717) is 0 Å². The first-order valence-corrected chi connectivity index (χ1v) is 3.48. The maximum atomic E-state index is 3.16. The Balaban J connectivity index is 2.23. The molecule has 9 heavy (non-hydrogen) atoms. The van der Waals surface area contributed by atoms with Gasteiger partial charge in [-0.3, -0.25) is 0 Å². The van der Waals surface area contributed by atoms with Crippen molar-refractivity contribution in [3.8, 4) is 0 Å². The molecule has 1 unspecified atom stereocenters. The van der Waals surface area contributed by atoms with Crippen LogP contribution in [0.3, 0.4) is 0 Å². The Morgan fingerprint density at radius 3 is 3.22 bits per heavy atom. The van der Waals surface area contributed by atoms with Gasteiger partial charge in [0, 0.05) is 13.1 Å². The van der Waals surface area contributed by atoms with Crippen LogP contribution >= 0.6 is 0 Å². The average Bonchev–Trinajstić information content (AvgIpc) is 1.91. The van der Waals surface area contributed by atoms with Crippen molar-refractivity contribution in [1.82, 2.24) is 10.6 Å². The molecule has 0 fully saturated rings. The number of nitrogens with one attached hydrogen (secondary N) is 2. The van der Waals surface area contributed by atoms with E-state index < -0.39 is 0 Å². The molecule has 0 bridgehead atoms. The van der Waals surface area contributed by atoms with Crippen molar-refractivity contribution in [3.63, 3.8) is 0 Å². The van der Waals surface area contributed by atoms with Gasteiger partial charge < -0.3 is 10.6 Å². The van der Waals surface area contributed by atoms with E-state index in [0.717, 1.165) is 19.0 Å². The molecule has 0 radical (unpaired) electrons. The van der Waals surface area contributed by atoms with E-state index in [1.807, 2.05) is 13.2 Å². The summed E-state index contributed by atoms with van der Waals surface area (Å²) in [7, 11) is 2.00. The first kappa shape index (κ1) is 6.62. The van der Waals surface area contributed by atoms with Crippen molar-refractivity contribution in [2.24, 2.45) is 5.92 Å². The zero-order valence-corrected chi connectivity index (χ0v) is 5.85. The van der Waals surface area contributed by atoms with Gasteiger partial charge in [0.2, 0.25) is 0 Å². The normalized spacial score (nSPS) is 25.7. The maximum absolute atomic E-state index is 3.16. The average molecular weight is 126 g/mol. The Hall–Kier alpha value is -0.500. The summed E-state index contributed by atoms with van der Waals surface area (Å²) < 4.78 is 0. The van der Waals surface area contributed by atoms with Crippen molar-refractivity contribution in [3.05, 3.63) is 12.3 Å². The minimum Gasteiger partial charge on any atom is -0.391 e. The molecule has 1 rings (SSSR count). The van der Waals surface area contributed by atoms with Gasteiger partial charge in [-0.25, -0.2) is 0 Å². The molecule has 1 aliphatic heterocycles. The second-order valence-corrected chi connectivity index (χ2v) is 2.42. The highest BCUT2D eigenvalue weighted by Gasteiger charge is 2.04. The van der Waals surface area contributed by atoms with Crippen molar-refractivity contribution in [1.29, 1.82) is 0 Å². The minimum absolute atomic E-state index is 0.747. The van der Waals surface area contributed by atoms with Crippen molar-refractivity contribution in [2.75, 3.05) is 20.1 Å². The molecular formula is C7H14N2. The summed E-state index contributed by atoms with van der Waals surface area (Å²) in [5, 5.41) is 6.32. The lowest BCUT2D eigenvalue weighted by Crippen LogP contribution is -2.24. The molecule has 0 amide bonds. The van der Waals surface area contributed by atoms with E-state index in [-0.39, 0.29) is 0 Å². The van der Waals surface area contributed by atoms with Gasteiger partial charge in [0.1, 0.15) is 0 Å². The molecule has 1 heterocycles. The summed E-state index contributed by atoms with van der Waals surface area (Å²) in [5.41, 5.74) is 0. The van der Waals surface area contributed by atoms with Crippen LogP contribution in [-0.2, 0) is 0 Å². The van der Waals surface area contributed by atoms with E-state index in [4.69, 9.17) is 0 Å². The molecule has 0 saturated carbocycles. The second-order valence-electron chi connectivity index (χ2n) is 2.42. The summed E-state index contributed by atoms with van der Waals surface area (Å²) in [6, 6.07) is 0. The van der Waals surface area contributed by atoms with Crippen LogP contribution in [0.1, 0.15) is 6.42 Å². The van der Waals surface area contributed by atoms with Crippen LogP contribution in [0.2, 0.25) is 0 Å². The fourth-order valence-electron chi connectivity index (χ4n) is 1.08. The van der Waals surface area contributed by atoms with Crippen molar-refractivity contribution in [2.45, 2.75) is 6.42 Å². The molecule has 0 saturated heterocycles. The Morgan fingerprint density at radius 1 is 1.78 bits per heavy atom. The third-order valence-corrected chi connectivity index (χ3v) is 1.61. The van der Waals surface area contributed by atoms with E-state index in [2.05, 4.69) is 16.7 Å². The van der Waals surface area contributed by atoms with Crippen LogP contribution in [0.5, 0.6) is 0 Å². The second kappa shape index (κ2) is 3.51. The molecule has 0 aromatic rings. The third kappa shape index (κ3) is 2.06. The van der Waals surface area contributed by atoms with Crippen molar-refractivity contribution < 1.29 is 0 Å². The standard InChI is InChI=1S/C7H14N2/c1-8-6-7-2-4-9-5-3-7/h2,4,7-9H,3,5-6H2,1H3. The summed E-state index contributed by atoms with van der Waals surface area (Å²) in [6.07, 6.45) is 5.53. The molecule has 1 atom stereocenters. The zero-order chi connectivity index (χ0) is 6.53. The van der Waals surface area contributed by atoms with Gasteiger partial charge in [-0.05, 0) is 25.6 Å². The fourth-order valence-corrected chi connectivity index (χ4v) is 1.08. The topological polar surface area (TPSA) is 24.1 Å². The molecule has 0 aromatic carbocycles. The van der Waals surface area contributed by atoms with Crippen molar-refractivity contribution >= 4 is 0 Å². The first-order valence-electron chi connectivity index (χ1n) is 3.48. The summed E-state index contributed by atoms with van der Waals surface area (Å²) in [5.74, 6) is 0.747. The Morgan fingerprint density at radius 2 is 2.67 bits per heavy atom. The largest absolute Gasteiger partial charge is 0.391 e. The first-order chi connectivity index (χ1) is 4.43. The van der Waals surface area contributed by atoms with Gasteiger partial charge >= 0.3 is 0 Å². The fraction of sp³-hybridized carbons (Fsp3) is 0.714. The van der Waals surface area contributed by atoms with Gasteiger partial charge in [-0.15, -0.1) is 0 Å². The lowest BCUT2D eigenvalue weighted by Gasteiger charge is -2.16. The molecule has 0 spiro atoms. The minimum atomic E-state index is 0.747. The van der Waals surface area contributed by atoms with Crippen LogP contribution in [0.4, 0.5) is 0 Å². The molecule has 0 aromatic heterocycles. The summed E-state index contributed by atoms with van der Waals surface area (Å²) in [4.78, 5) is 0. The van der Waals surface area contributed by atoms with Gasteiger partial charge in [0.15, 0.2) is 0 Å². The van der Waals surface area contributed by atoms with Gasteiger partial charge in [0.05, 0.1) is 0 Å². The SMILES string of the molecule is CNCC1C=CNCC1. The zero-order valence-electron chi connectivity index (χ0n) is 5.85. The van der Waals surface area contributed by atoms with E-state index in [1.165, 1.54) is 6.42 Å². The molecular weight excluding hydrogens is 112 g/mol. The molecule has 0 aliphatic carbocycles. The summed E-state index contributed by atoms with van der Waals surface area (Å²) in [6.45, 7) is 2.24. The molecule has 2 N–H and O–H groups in total. The lowest BCUT2D eigenvalue weighted by atomic mass is 10.0. The monoisotopic (exact) mass is 126 g/mol. The highest BCUT2D eigenvalue weighted by molar-refractivity contribution is 4.92. The van der Waals surface area contributed by atoms with E-state index >= 15 is 0 Å². The van der Waals surface area contributed by atoms with E-state index in [1.54, 1.807) is 0 Å². The van der Waals surface area contributed by atoms with Crippen LogP contribution in [0, 0.1) is 5.92 Å². The van der Waals surface area contributed by atoms with Gasteiger partial charge in [-0.1, -0.05) is 6.08 Å². The molecule has 52 valence electrons. The highest BCUT2D eigenvalue weighted by Crippen LogP contribution is 2.05. The number of hydrogen-bond acceptors (Lipinski definition) is 2. The summed E-state index contributed by atoms with van der Waals surface area (Å²) >= 11 is 0. The van der Waals surface area contributed by atoms with Crippen LogP contribution in [-0.4, -0.2) is 20.1 Å². The van der Waals surface area contributed by atoms with Gasteiger partial charge in [0.25, 0.3) is 0 Å². The Labute approximate surface area is 56.3 Å². The smallest absolute Gasteiger partial charge is 0.0147 e. The number of rotatable bonds is 2. The van der Waals surface area contributed by atoms with Gasteiger partial charge in [-0.2, -0.15) is 0 Å². The third-order valence-electron chi connectivity index (χ3n) is 1.61. The molecule has 1 aliphatic rings. The number of hydrogen-bond donors (Lipinski definition) is 2. The van der Waals surface area contributed by atoms with Crippen LogP contribution in [0.15, 0.2) is 12.3 Å². The van der Waals surface area contributed by atoms with Crippen LogP contribution < -0.4 is 10.6 Å².